The van der Waals surface area contributed by atoms with Gasteiger partial charge in [-0.25, -0.2) is 15.2 Å². The van der Waals surface area contributed by atoms with Crippen LogP contribution in [0.15, 0.2) is 30.3 Å². The van der Waals surface area contributed by atoms with Crippen molar-refractivity contribution in [2.24, 2.45) is 23.7 Å². The van der Waals surface area contributed by atoms with E-state index in [1.165, 1.54) is 32.1 Å². The molecule has 0 saturated heterocycles. The molecule has 30 heavy (non-hydrogen) atoms. The second-order valence-corrected chi connectivity index (χ2v) is 10.5. The monoisotopic (exact) mass is 476 g/mol. The van der Waals surface area contributed by atoms with Crippen LogP contribution >= 0.6 is 15.9 Å². The lowest BCUT2D eigenvalue weighted by molar-refractivity contribution is -0.148. The van der Waals surface area contributed by atoms with E-state index in [0.717, 1.165) is 36.7 Å². The molecule has 1 N–H and O–H groups in total. The van der Waals surface area contributed by atoms with Gasteiger partial charge in [0, 0.05) is 0 Å². The minimum Gasteiger partial charge on any atom is -0.443 e. The topological polar surface area (TPSA) is 58.6 Å². The Kier molecular flexibility index (Phi) is 7.01. The van der Waals surface area contributed by atoms with Crippen LogP contribution in [0.2, 0.25) is 0 Å². The van der Waals surface area contributed by atoms with E-state index in [1.807, 2.05) is 30.3 Å². The predicted octanol–water partition coefficient (Wildman–Crippen LogP) is 5.43. The molecular weight excluding hydrogens is 444 g/mol. The highest BCUT2D eigenvalue weighted by Gasteiger charge is 2.52. The fourth-order valence-corrected chi connectivity index (χ4v) is 6.65. The Morgan fingerprint density at radius 3 is 2.33 bits per heavy atom. The standard InChI is InChI=1S/C24H33BrN2O3/c1-2-3-9-21(25)23(28)27(26-24(29)30-15-16-7-5-4-6-8-16)22-19-11-17-10-18(13-19)14-20(22)12-17/h4-8,17-22H,2-3,9-15H2,1H3,(H,26,29). The average Bonchev–Trinajstić information content (AvgIpc) is 2.74. The molecule has 0 aromatic heterocycles. The smallest absolute Gasteiger partial charge is 0.426 e. The molecule has 4 aliphatic carbocycles. The van der Waals surface area contributed by atoms with Crippen molar-refractivity contribution in [3.8, 4) is 0 Å². The van der Waals surface area contributed by atoms with Gasteiger partial charge in [-0.15, -0.1) is 0 Å². The lowest BCUT2D eigenvalue weighted by Gasteiger charge is -2.56. The number of carbonyl (C=O) groups is 2. The zero-order chi connectivity index (χ0) is 21.1. The van der Waals surface area contributed by atoms with Crippen LogP contribution < -0.4 is 5.43 Å². The maximum atomic E-state index is 13.4. The summed E-state index contributed by atoms with van der Waals surface area (Å²) in [6.07, 6.45) is 8.35. The van der Waals surface area contributed by atoms with E-state index in [9.17, 15) is 9.59 Å². The molecule has 4 fully saturated rings. The molecule has 6 heteroatoms. The number of carbonyl (C=O) groups excluding carboxylic acids is 2. The molecule has 164 valence electrons. The van der Waals surface area contributed by atoms with Gasteiger partial charge in [0.15, 0.2) is 0 Å². The first-order valence-electron chi connectivity index (χ1n) is 11.5. The van der Waals surface area contributed by atoms with Gasteiger partial charge in [0.1, 0.15) is 6.61 Å². The van der Waals surface area contributed by atoms with Gasteiger partial charge in [0.05, 0.1) is 10.9 Å². The highest BCUT2D eigenvalue weighted by atomic mass is 79.9. The molecule has 0 radical (unpaired) electrons. The third-order valence-electron chi connectivity index (χ3n) is 7.22. The van der Waals surface area contributed by atoms with Gasteiger partial charge in [-0.3, -0.25) is 4.79 Å². The Hall–Kier alpha value is -1.56. The van der Waals surface area contributed by atoms with Crippen molar-refractivity contribution in [2.45, 2.75) is 75.8 Å². The summed E-state index contributed by atoms with van der Waals surface area (Å²) in [4.78, 5) is 25.8. The molecule has 1 aromatic rings. The van der Waals surface area contributed by atoms with Crippen LogP contribution in [0.25, 0.3) is 0 Å². The number of nitrogens with zero attached hydrogens (tertiary/aromatic N) is 1. The van der Waals surface area contributed by atoms with Gasteiger partial charge >= 0.3 is 6.09 Å². The second kappa shape index (κ2) is 9.71. The van der Waals surface area contributed by atoms with Crippen LogP contribution in [-0.4, -0.2) is 27.9 Å². The molecule has 0 spiro atoms. The third kappa shape index (κ3) is 4.84. The molecule has 1 atom stereocenters. The molecule has 5 nitrogen and oxygen atoms in total. The molecular formula is C24H33BrN2O3. The van der Waals surface area contributed by atoms with Crippen molar-refractivity contribution in [3.63, 3.8) is 0 Å². The van der Waals surface area contributed by atoms with Crippen LogP contribution in [0, 0.1) is 23.7 Å². The van der Waals surface area contributed by atoms with Crippen molar-refractivity contribution in [1.29, 1.82) is 0 Å². The highest BCUT2D eigenvalue weighted by molar-refractivity contribution is 9.10. The SMILES string of the molecule is CCCCC(Br)C(=O)N(NC(=O)OCc1ccccc1)C1C2CC3CC(C2)CC1C3. The number of unbranched alkanes of at least 4 members (excludes halogenated alkanes) is 1. The Balaban J connectivity index is 1.46. The van der Waals surface area contributed by atoms with Gasteiger partial charge in [0.25, 0.3) is 5.91 Å². The number of hydrazine groups is 1. The van der Waals surface area contributed by atoms with E-state index in [2.05, 4.69) is 28.3 Å². The summed E-state index contributed by atoms with van der Waals surface area (Å²) in [5.74, 6) is 2.57. The molecule has 0 aliphatic heterocycles. The van der Waals surface area contributed by atoms with Crippen molar-refractivity contribution in [1.82, 2.24) is 10.4 Å². The first-order valence-corrected chi connectivity index (χ1v) is 12.4. The predicted molar refractivity (Wildman–Crippen MR) is 120 cm³/mol. The normalized spacial score (nSPS) is 30.0. The summed E-state index contributed by atoms with van der Waals surface area (Å²) in [5.41, 5.74) is 3.80. The van der Waals surface area contributed by atoms with Gasteiger partial charge in [-0.2, -0.15) is 0 Å². The minimum atomic E-state index is -0.545. The number of ether oxygens (including phenoxy) is 1. The Bertz CT molecular complexity index is 713. The fraction of sp³-hybridized carbons (Fsp3) is 0.667. The maximum Gasteiger partial charge on any atom is 0.426 e. The summed E-state index contributed by atoms with van der Waals surface area (Å²) in [6, 6.07) is 9.72. The van der Waals surface area contributed by atoms with Crippen molar-refractivity contribution < 1.29 is 14.3 Å². The number of rotatable bonds is 7. The van der Waals surface area contributed by atoms with Gasteiger partial charge in [0.2, 0.25) is 0 Å². The number of amides is 2. The summed E-state index contributed by atoms with van der Waals surface area (Å²) in [6.45, 7) is 2.32. The van der Waals surface area contributed by atoms with Crippen LogP contribution in [-0.2, 0) is 16.1 Å². The van der Waals surface area contributed by atoms with Crippen molar-refractivity contribution in [2.75, 3.05) is 0 Å². The number of hydrogen-bond acceptors (Lipinski definition) is 3. The number of halogens is 1. The van der Waals surface area contributed by atoms with Gasteiger partial charge < -0.3 is 4.74 Å². The molecule has 2 amide bonds. The lowest BCUT2D eigenvalue weighted by atomic mass is 9.54. The highest BCUT2D eigenvalue weighted by Crippen LogP contribution is 2.55. The van der Waals surface area contributed by atoms with Gasteiger partial charge in [-0.1, -0.05) is 66.0 Å². The summed E-state index contributed by atoms with van der Waals surface area (Å²) < 4.78 is 5.45. The largest absolute Gasteiger partial charge is 0.443 e. The summed E-state index contributed by atoms with van der Waals surface area (Å²) >= 11 is 3.59. The molecule has 0 heterocycles. The number of alkyl halides is 1. The number of benzene rings is 1. The quantitative estimate of drug-likeness (QED) is 0.421. The second-order valence-electron chi connectivity index (χ2n) is 9.41. The number of hydrogen-bond donors (Lipinski definition) is 1. The van der Waals surface area contributed by atoms with Gasteiger partial charge in [-0.05, 0) is 67.8 Å². The summed E-state index contributed by atoms with van der Waals surface area (Å²) in [7, 11) is 0. The maximum absolute atomic E-state index is 13.4. The Labute approximate surface area is 188 Å². The van der Waals surface area contributed by atoms with Crippen molar-refractivity contribution >= 4 is 27.9 Å². The van der Waals surface area contributed by atoms with Crippen LogP contribution in [0.1, 0.15) is 63.9 Å². The van der Waals surface area contributed by atoms with E-state index in [4.69, 9.17) is 4.74 Å². The van der Waals surface area contributed by atoms with E-state index in [0.29, 0.717) is 11.8 Å². The summed E-state index contributed by atoms with van der Waals surface area (Å²) in [5, 5.41) is 1.66. The molecule has 1 unspecified atom stereocenters. The minimum absolute atomic E-state index is 0.0300. The van der Waals surface area contributed by atoms with E-state index >= 15 is 0 Å². The lowest BCUT2D eigenvalue weighted by Crippen LogP contribution is -2.63. The molecule has 4 saturated carbocycles. The Morgan fingerprint density at radius 1 is 1.10 bits per heavy atom. The van der Waals surface area contributed by atoms with Crippen molar-refractivity contribution in [3.05, 3.63) is 35.9 Å². The first-order chi connectivity index (χ1) is 14.5. The molecule has 5 rings (SSSR count). The molecule has 1 aromatic carbocycles. The van der Waals surface area contributed by atoms with Crippen LogP contribution in [0.3, 0.4) is 0 Å². The zero-order valence-electron chi connectivity index (χ0n) is 17.8. The van der Waals surface area contributed by atoms with Crippen LogP contribution in [0.5, 0.6) is 0 Å². The molecule has 4 aliphatic rings. The third-order valence-corrected chi connectivity index (χ3v) is 8.07. The van der Waals surface area contributed by atoms with E-state index in [-0.39, 0.29) is 23.4 Å². The first kappa shape index (κ1) is 21.7. The van der Waals surface area contributed by atoms with E-state index in [1.54, 1.807) is 5.01 Å². The van der Waals surface area contributed by atoms with Crippen LogP contribution in [0.4, 0.5) is 4.79 Å². The number of nitrogens with one attached hydrogen (secondary N) is 1. The van der Waals surface area contributed by atoms with E-state index < -0.39 is 6.09 Å². The zero-order valence-corrected chi connectivity index (χ0v) is 19.4. The average molecular weight is 477 g/mol. The Morgan fingerprint density at radius 2 is 1.73 bits per heavy atom. The molecule has 4 bridgehead atoms. The fourth-order valence-electron chi connectivity index (χ4n) is 6.11.